The lowest BCUT2D eigenvalue weighted by Crippen LogP contribution is -2.21. The molecular weight excluding hydrogens is 314 g/mol. The Labute approximate surface area is 150 Å². The fourth-order valence-electron chi connectivity index (χ4n) is 3.40. The first-order valence-corrected chi connectivity index (χ1v) is 8.88. The van der Waals surface area contributed by atoms with Crippen molar-refractivity contribution in [3.05, 3.63) is 41.9 Å². The Hall–Kier alpha value is -2.30. The second kappa shape index (κ2) is 7.72. The smallest absolute Gasteiger partial charge is 0.160 e. The van der Waals surface area contributed by atoms with Gasteiger partial charge in [0.2, 0.25) is 0 Å². The van der Waals surface area contributed by atoms with Gasteiger partial charge < -0.3 is 14.4 Å². The van der Waals surface area contributed by atoms with Crippen molar-refractivity contribution in [3.63, 3.8) is 0 Å². The lowest BCUT2D eigenvalue weighted by Gasteiger charge is -2.18. The number of nitrogens with zero attached hydrogens (tertiary/aromatic N) is 3. The van der Waals surface area contributed by atoms with Gasteiger partial charge in [-0.05, 0) is 42.4 Å². The van der Waals surface area contributed by atoms with Crippen LogP contribution < -0.4 is 14.4 Å². The van der Waals surface area contributed by atoms with Crippen molar-refractivity contribution in [2.75, 3.05) is 32.2 Å². The summed E-state index contributed by atoms with van der Waals surface area (Å²) in [5.41, 5.74) is 2.39. The molecule has 134 valence electrons. The van der Waals surface area contributed by atoms with Gasteiger partial charge in [0.1, 0.15) is 12.1 Å². The van der Waals surface area contributed by atoms with Crippen LogP contribution in [0.15, 0.2) is 30.6 Å². The number of methoxy groups -OCH3 is 2. The Bertz CT molecular complexity index is 718. The maximum Gasteiger partial charge on any atom is 0.160 e. The Kier molecular flexibility index (Phi) is 5.41. The van der Waals surface area contributed by atoms with Crippen molar-refractivity contribution in [1.29, 1.82) is 0 Å². The Morgan fingerprint density at radius 2 is 1.92 bits per heavy atom. The molecule has 1 aromatic heterocycles. The summed E-state index contributed by atoms with van der Waals surface area (Å²) in [7, 11) is 3.35. The summed E-state index contributed by atoms with van der Waals surface area (Å²) in [4.78, 5) is 11.2. The van der Waals surface area contributed by atoms with E-state index in [1.165, 1.54) is 12.0 Å². The molecule has 5 nitrogen and oxygen atoms in total. The van der Waals surface area contributed by atoms with Crippen molar-refractivity contribution < 1.29 is 9.47 Å². The monoisotopic (exact) mass is 341 g/mol. The average molecular weight is 341 g/mol. The van der Waals surface area contributed by atoms with Gasteiger partial charge in [-0.2, -0.15) is 0 Å². The average Bonchev–Trinajstić information content (AvgIpc) is 3.10. The molecule has 1 saturated heterocycles. The lowest BCUT2D eigenvalue weighted by atomic mass is 9.98. The van der Waals surface area contributed by atoms with Crippen LogP contribution in [0.2, 0.25) is 0 Å². The summed E-state index contributed by atoms with van der Waals surface area (Å²) in [6.07, 6.45) is 3.90. The van der Waals surface area contributed by atoms with Crippen LogP contribution in [0, 0.1) is 5.92 Å². The highest BCUT2D eigenvalue weighted by Crippen LogP contribution is 2.31. The number of aromatic nitrogens is 2. The topological polar surface area (TPSA) is 47.5 Å². The zero-order chi connectivity index (χ0) is 17.8. The van der Waals surface area contributed by atoms with E-state index in [2.05, 4.69) is 46.9 Å². The fourth-order valence-corrected chi connectivity index (χ4v) is 3.40. The molecule has 0 N–H and O–H groups in total. The molecule has 2 heterocycles. The molecule has 3 rings (SSSR count). The third-order valence-corrected chi connectivity index (χ3v) is 4.85. The fraction of sp³-hybridized carbons (Fsp3) is 0.500. The maximum absolute atomic E-state index is 5.41. The molecule has 1 unspecified atom stereocenters. The van der Waals surface area contributed by atoms with Crippen molar-refractivity contribution >= 4 is 5.82 Å². The van der Waals surface area contributed by atoms with Gasteiger partial charge in [0.15, 0.2) is 11.5 Å². The number of rotatable bonds is 6. The molecule has 0 saturated carbocycles. The van der Waals surface area contributed by atoms with Crippen LogP contribution in [-0.2, 0) is 6.42 Å². The molecule has 1 fully saturated rings. The molecule has 1 atom stereocenters. The molecule has 0 spiro atoms. The summed E-state index contributed by atoms with van der Waals surface area (Å²) in [5, 5.41) is 0. The standard InChI is InChI=1S/C20H27N3O2/c1-14(2)17-11-20(22-13-21-17)23-8-7-16(12-23)9-15-5-6-18(24-3)19(10-15)25-4/h5-6,10-11,13-14,16H,7-9,12H2,1-4H3. The number of hydrogen-bond acceptors (Lipinski definition) is 5. The highest BCUT2D eigenvalue weighted by Gasteiger charge is 2.24. The summed E-state index contributed by atoms with van der Waals surface area (Å²) in [5.74, 6) is 3.67. The van der Waals surface area contributed by atoms with Crippen molar-refractivity contribution in [2.45, 2.75) is 32.6 Å². The third-order valence-electron chi connectivity index (χ3n) is 4.85. The van der Waals surface area contributed by atoms with Crippen molar-refractivity contribution in [1.82, 2.24) is 9.97 Å². The number of hydrogen-bond donors (Lipinski definition) is 0. The van der Waals surface area contributed by atoms with Crippen LogP contribution in [0.1, 0.15) is 37.4 Å². The Balaban J connectivity index is 1.66. The predicted octanol–water partition coefficient (Wildman–Crippen LogP) is 3.69. The van der Waals surface area contributed by atoms with E-state index in [1.807, 2.05) is 6.07 Å². The van der Waals surface area contributed by atoms with E-state index in [9.17, 15) is 0 Å². The third kappa shape index (κ3) is 4.03. The van der Waals surface area contributed by atoms with Crippen LogP contribution in [0.3, 0.4) is 0 Å². The van der Waals surface area contributed by atoms with Crippen molar-refractivity contribution in [3.8, 4) is 11.5 Å². The SMILES string of the molecule is COc1ccc(CC2CCN(c3cc(C(C)C)ncn3)C2)cc1OC. The highest BCUT2D eigenvalue weighted by atomic mass is 16.5. The summed E-state index contributed by atoms with van der Waals surface area (Å²) >= 11 is 0. The van der Waals surface area contributed by atoms with Crippen LogP contribution in [-0.4, -0.2) is 37.3 Å². The minimum atomic E-state index is 0.423. The molecule has 5 heteroatoms. The van der Waals surface area contributed by atoms with E-state index in [4.69, 9.17) is 9.47 Å². The van der Waals surface area contributed by atoms with Crippen LogP contribution in [0.4, 0.5) is 5.82 Å². The lowest BCUT2D eigenvalue weighted by molar-refractivity contribution is 0.354. The first-order chi connectivity index (χ1) is 12.1. The van der Waals surface area contributed by atoms with Gasteiger partial charge in [0.25, 0.3) is 0 Å². The van der Waals surface area contributed by atoms with E-state index >= 15 is 0 Å². The molecule has 2 aromatic rings. The molecule has 25 heavy (non-hydrogen) atoms. The molecule has 1 aliphatic rings. The predicted molar refractivity (Wildman–Crippen MR) is 99.7 cm³/mol. The second-order valence-electron chi connectivity index (χ2n) is 6.95. The van der Waals surface area contributed by atoms with E-state index < -0.39 is 0 Å². The Morgan fingerprint density at radius 1 is 1.12 bits per heavy atom. The molecule has 0 bridgehead atoms. The summed E-state index contributed by atoms with van der Waals surface area (Å²) in [6.45, 7) is 6.40. The van der Waals surface area contributed by atoms with E-state index in [1.54, 1.807) is 20.5 Å². The van der Waals surface area contributed by atoms with Gasteiger partial charge in [-0.1, -0.05) is 19.9 Å². The van der Waals surface area contributed by atoms with E-state index in [0.29, 0.717) is 11.8 Å². The summed E-state index contributed by atoms with van der Waals surface area (Å²) < 4.78 is 10.7. The highest BCUT2D eigenvalue weighted by molar-refractivity contribution is 5.44. The van der Waals surface area contributed by atoms with Crippen LogP contribution >= 0.6 is 0 Å². The number of anilines is 1. The first-order valence-electron chi connectivity index (χ1n) is 8.88. The summed E-state index contributed by atoms with van der Waals surface area (Å²) in [6, 6.07) is 8.33. The second-order valence-corrected chi connectivity index (χ2v) is 6.95. The number of ether oxygens (including phenoxy) is 2. The molecule has 1 aromatic carbocycles. The maximum atomic E-state index is 5.41. The largest absolute Gasteiger partial charge is 0.493 e. The minimum Gasteiger partial charge on any atom is -0.493 e. The molecular formula is C20H27N3O2. The molecule has 0 aliphatic carbocycles. The van der Waals surface area contributed by atoms with Gasteiger partial charge in [-0.25, -0.2) is 9.97 Å². The van der Waals surface area contributed by atoms with Gasteiger partial charge in [-0.15, -0.1) is 0 Å². The zero-order valence-corrected chi connectivity index (χ0v) is 15.5. The minimum absolute atomic E-state index is 0.423. The first kappa shape index (κ1) is 17.5. The quantitative estimate of drug-likeness (QED) is 0.802. The Morgan fingerprint density at radius 3 is 2.64 bits per heavy atom. The van der Waals surface area contributed by atoms with Gasteiger partial charge in [0, 0.05) is 24.8 Å². The zero-order valence-electron chi connectivity index (χ0n) is 15.5. The van der Waals surface area contributed by atoms with Gasteiger partial charge >= 0.3 is 0 Å². The molecule has 0 radical (unpaired) electrons. The molecule has 0 amide bonds. The van der Waals surface area contributed by atoms with Crippen LogP contribution in [0.5, 0.6) is 11.5 Å². The van der Waals surface area contributed by atoms with Crippen molar-refractivity contribution in [2.24, 2.45) is 5.92 Å². The number of benzene rings is 1. The van der Waals surface area contributed by atoms with Crippen LogP contribution in [0.25, 0.3) is 0 Å². The normalized spacial score (nSPS) is 17.2. The molecule has 1 aliphatic heterocycles. The van der Waals surface area contributed by atoms with Gasteiger partial charge in [0.05, 0.1) is 14.2 Å². The van der Waals surface area contributed by atoms with Gasteiger partial charge in [-0.3, -0.25) is 0 Å². The van der Waals surface area contributed by atoms with E-state index in [0.717, 1.165) is 42.5 Å². The van der Waals surface area contributed by atoms with E-state index in [-0.39, 0.29) is 0 Å².